The van der Waals surface area contributed by atoms with Crippen molar-refractivity contribution in [2.24, 2.45) is 5.92 Å². The highest BCUT2D eigenvalue weighted by atomic mass is 79.9. The molecule has 1 aromatic rings. The van der Waals surface area contributed by atoms with E-state index in [1.54, 1.807) is 25.3 Å². The Morgan fingerprint density at radius 1 is 1.45 bits per heavy atom. The molecule has 1 atom stereocenters. The van der Waals surface area contributed by atoms with E-state index in [4.69, 9.17) is 9.84 Å². The molecule has 122 valence electrons. The van der Waals surface area contributed by atoms with Gasteiger partial charge in [0.1, 0.15) is 5.69 Å². The number of amides is 1. The van der Waals surface area contributed by atoms with Gasteiger partial charge in [0.2, 0.25) is 0 Å². The maximum absolute atomic E-state index is 12.5. The van der Waals surface area contributed by atoms with E-state index in [0.717, 1.165) is 4.47 Å². The Balaban J connectivity index is 2.75. The first-order chi connectivity index (χ1) is 10.5. The number of pyridine rings is 1. The third-order valence-corrected chi connectivity index (χ3v) is 3.54. The van der Waals surface area contributed by atoms with Gasteiger partial charge in [-0.3, -0.25) is 9.59 Å². The molecule has 7 heteroatoms. The number of carboxylic acid groups (broad SMARTS) is 1. The van der Waals surface area contributed by atoms with Crippen molar-refractivity contribution < 1.29 is 19.4 Å². The highest BCUT2D eigenvalue weighted by molar-refractivity contribution is 9.10. The Hall–Kier alpha value is -1.47. The summed E-state index contributed by atoms with van der Waals surface area (Å²) < 4.78 is 6.04. The summed E-state index contributed by atoms with van der Waals surface area (Å²) in [7, 11) is 0. The maximum Gasteiger partial charge on any atom is 0.308 e. The maximum atomic E-state index is 12.5. The minimum Gasteiger partial charge on any atom is -0.481 e. The first-order valence-corrected chi connectivity index (χ1v) is 7.96. The molecule has 1 heterocycles. The van der Waals surface area contributed by atoms with Gasteiger partial charge in [0.15, 0.2) is 0 Å². The summed E-state index contributed by atoms with van der Waals surface area (Å²) in [5, 5.41) is 9.04. The zero-order valence-electron chi connectivity index (χ0n) is 12.8. The van der Waals surface area contributed by atoms with Crippen molar-refractivity contribution >= 4 is 27.8 Å². The van der Waals surface area contributed by atoms with E-state index in [-0.39, 0.29) is 12.5 Å². The molecular formula is C15H21BrN2O4. The Morgan fingerprint density at radius 3 is 2.73 bits per heavy atom. The number of nitrogens with zero attached hydrogens (tertiary/aromatic N) is 2. The molecule has 0 aliphatic heterocycles. The zero-order chi connectivity index (χ0) is 16.5. The molecule has 0 radical (unpaired) electrons. The number of rotatable bonds is 9. The molecule has 0 spiro atoms. The number of carboxylic acids is 1. The quantitative estimate of drug-likeness (QED) is 0.673. The van der Waals surface area contributed by atoms with E-state index in [2.05, 4.69) is 20.9 Å². The van der Waals surface area contributed by atoms with Crippen molar-refractivity contribution in [1.29, 1.82) is 0 Å². The van der Waals surface area contributed by atoms with Crippen LogP contribution in [0.5, 0.6) is 0 Å². The molecule has 0 aromatic carbocycles. The monoisotopic (exact) mass is 372 g/mol. The van der Waals surface area contributed by atoms with Crippen LogP contribution in [0.3, 0.4) is 0 Å². The predicted octanol–water partition coefficient (Wildman–Crippen LogP) is 2.43. The Bertz CT molecular complexity index is 493. The Kier molecular flexibility index (Phi) is 8.05. The van der Waals surface area contributed by atoms with Crippen LogP contribution < -0.4 is 0 Å². The van der Waals surface area contributed by atoms with Gasteiger partial charge in [0.25, 0.3) is 5.91 Å². The fourth-order valence-corrected chi connectivity index (χ4v) is 2.09. The fourth-order valence-electron chi connectivity index (χ4n) is 1.85. The molecule has 1 rings (SSSR count). The summed E-state index contributed by atoms with van der Waals surface area (Å²) in [5.41, 5.74) is 0.303. The predicted molar refractivity (Wildman–Crippen MR) is 85.8 cm³/mol. The number of aliphatic carboxylic acids is 1. The number of hydrogen-bond donors (Lipinski definition) is 1. The molecule has 0 bridgehead atoms. The first kappa shape index (κ1) is 18.6. The Morgan fingerprint density at radius 2 is 2.18 bits per heavy atom. The second-order valence-electron chi connectivity index (χ2n) is 4.90. The molecule has 1 aromatic heterocycles. The van der Waals surface area contributed by atoms with E-state index in [1.807, 2.05) is 6.92 Å². The van der Waals surface area contributed by atoms with Gasteiger partial charge in [0.05, 0.1) is 5.92 Å². The zero-order valence-corrected chi connectivity index (χ0v) is 14.4. The van der Waals surface area contributed by atoms with E-state index < -0.39 is 11.9 Å². The minimum atomic E-state index is -0.925. The van der Waals surface area contributed by atoms with Crippen LogP contribution in [0.2, 0.25) is 0 Å². The van der Waals surface area contributed by atoms with Gasteiger partial charge in [-0.25, -0.2) is 4.98 Å². The largest absolute Gasteiger partial charge is 0.481 e. The van der Waals surface area contributed by atoms with Gasteiger partial charge in [-0.15, -0.1) is 0 Å². The third-order valence-electron chi connectivity index (χ3n) is 3.07. The summed E-state index contributed by atoms with van der Waals surface area (Å²) >= 11 is 3.27. The van der Waals surface area contributed by atoms with Crippen LogP contribution in [0.4, 0.5) is 0 Å². The number of aromatic nitrogens is 1. The molecule has 0 aliphatic rings. The lowest BCUT2D eigenvalue weighted by Gasteiger charge is -2.24. The second-order valence-corrected chi connectivity index (χ2v) is 5.82. The molecular weight excluding hydrogens is 352 g/mol. The third kappa shape index (κ3) is 6.11. The summed E-state index contributed by atoms with van der Waals surface area (Å²) in [6.07, 6.45) is 2.20. The highest BCUT2D eigenvalue weighted by Gasteiger charge is 2.22. The molecule has 6 nitrogen and oxygen atoms in total. The normalized spacial score (nSPS) is 12.0. The highest BCUT2D eigenvalue weighted by Crippen LogP contribution is 2.11. The number of hydrogen-bond acceptors (Lipinski definition) is 4. The molecule has 1 N–H and O–H groups in total. The van der Waals surface area contributed by atoms with Crippen molar-refractivity contribution in [2.75, 3.05) is 26.3 Å². The number of halogens is 1. The van der Waals surface area contributed by atoms with Crippen molar-refractivity contribution in [3.63, 3.8) is 0 Å². The molecule has 1 unspecified atom stereocenters. The first-order valence-electron chi connectivity index (χ1n) is 7.17. The van der Waals surface area contributed by atoms with E-state index >= 15 is 0 Å². The lowest BCUT2D eigenvalue weighted by molar-refractivity contribution is -0.141. The SMILES string of the molecule is CCOCCCN(CC(C)C(=O)O)C(=O)c1ccc(Br)cn1. The summed E-state index contributed by atoms with van der Waals surface area (Å²) in [4.78, 5) is 29.1. The Labute approximate surface area is 138 Å². The van der Waals surface area contributed by atoms with Crippen molar-refractivity contribution in [2.45, 2.75) is 20.3 Å². The van der Waals surface area contributed by atoms with Gasteiger partial charge >= 0.3 is 5.97 Å². The van der Waals surface area contributed by atoms with Crippen LogP contribution in [0.15, 0.2) is 22.8 Å². The van der Waals surface area contributed by atoms with Gasteiger partial charge in [-0.2, -0.15) is 0 Å². The van der Waals surface area contributed by atoms with Crippen molar-refractivity contribution in [3.8, 4) is 0 Å². The van der Waals surface area contributed by atoms with E-state index in [9.17, 15) is 9.59 Å². The average molecular weight is 373 g/mol. The van der Waals surface area contributed by atoms with Crippen LogP contribution in [0, 0.1) is 5.92 Å². The van der Waals surface area contributed by atoms with Crippen LogP contribution in [-0.2, 0) is 9.53 Å². The standard InChI is InChI=1S/C15H21BrN2O4/c1-3-22-8-4-7-18(10-11(2)15(20)21)14(19)13-6-5-12(16)9-17-13/h5-6,9,11H,3-4,7-8,10H2,1-2H3,(H,20,21). The van der Waals surface area contributed by atoms with Gasteiger partial charge in [0, 0.05) is 37.0 Å². The van der Waals surface area contributed by atoms with Crippen molar-refractivity contribution in [1.82, 2.24) is 9.88 Å². The summed E-state index contributed by atoms with van der Waals surface area (Å²) in [6, 6.07) is 3.35. The molecule has 22 heavy (non-hydrogen) atoms. The van der Waals surface area contributed by atoms with E-state index in [1.165, 1.54) is 4.90 Å². The number of carbonyl (C=O) groups excluding carboxylic acids is 1. The topological polar surface area (TPSA) is 79.7 Å². The molecule has 0 saturated carbocycles. The number of ether oxygens (including phenoxy) is 1. The molecule has 0 saturated heterocycles. The summed E-state index contributed by atoms with van der Waals surface area (Å²) in [5.74, 6) is -1.82. The van der Waals surface area contributed by atoms with Crippen molar-refractivity contribution in [3.05, 3.63) is 28.5 Å². The van der Waals surface area contributed by atoms with Gasteiger partial charge < -0.3 is 14.7 Å². The molecule has 0 aliphatic carbocycles. The van der Waals surface area contributed by atoms with Gasteiger partial charge in [-0.1, -0.05) is 6.92 Å². The fraction of sp³-hybridized carbons (Fsp3) is 0.533. The lowest BCUT2D eigenvalue weighted by atomic mass is 10.1. The molecule has 1 amide bonds. The average Bonchev–Trinajstić information content (AvgIpc) is 2.50. The minimum absolute atomic E-state index is 0.151. The smallest absolute Gasteiger partial charge is 0.308 e. The van der Waals surface area contributed by atoms with E-state index in [0.29, 0.717) is 31.9 Å². The summed E-state index contributed by atoms with van der Waals surface area (Å²) in [6.45, 7) is 5.23. The van der Waals surface area contributed by atoms with Crippen LogP contribution in [-0.4, -0.2) is 53.2 Å². The molecule has 0 fully saturated rings. The second kappa shape index (κ2) is 9.53. The number of carbonyl (C=O) groups is 2. The van der Waals surface area contributed by atoms with Gasteiger partial charge in [-0.05, 0) is 41.4 Å². The lowest BCUT2D eigenvalue weighted by Crippen LogP contribution is -2.38. The van der Waals surface area contributed by atoms with Crippen LogP contribution in [0.1, 0.15) is 30.8 Å². The van der Waals surface area contributed by atoms with Crippen LogP contribution in [0.25, 0.3) is 0 Å². The van der Waals surface area contributed by atoms with Crippen LogP contribution >= 0.6 is 15.9 Å².